The smallest absolute Gasteiger partial charge is 0.203 e. The summed E-state index contributed by atoms with van der Waals surface area (Å²) in [7, 11) is 0. The van der Waals surface area contributed by atoms with Crippen molar-refractivity contribution < 1.29 is 4.79 Å². The van der Waals surface area contributed by atoms with Crippen LogP contribution in [0.1, 0.15) is 40.2 Å². The van der Waals surface area contributed by atoms with Crippen molar-refractivity contribution in [2.24, 2.45) is 0 Å². The van der Waals surface area contributed by atoms with E-state index in [2.05, 4.69) is 26.0 Å². The molecule has 0 fully saturated rings. The van der Waals surface area contributed by atoms with E-state index in [9.17, 15) is 4.79 Å². The highest BCUT2D eigenvalue weighted by atomic mass is 32.1. The maximum Gasteiger partial charge on any atom is 0.203 e. The van der Waals surface area contributed by atoms with E-state index >= 15 is 0 Å². The third-order valence-electron chi connectivity index (χ3n) is 2.95. The van der Waals surface area contributed by atoms with E-state index in [4.69, 9.17) is 0 Å². The van der Waals surface area contributed by atoms with Crippen LogP contribution in [-0.4, -0.2) is 5.78 Å². The van der Waals surface area contributed by atoms with E-state index in [-0.39, 0.29) is 5.78 Å². The van der Waals surface area contributed by atoms with Gasteiger partial charge in [-0.1, -0.05) is 32.0 Å². The minimum absolute atomic E-state index is 0.159. The molecule has 0 unspecified atom stereocenters. The molecule has 2 aromatic rings. The molecule has 0 aliphatic carbocycles. The molecule has 0 saturated heterocycles. The molecule has 1 nitrogen and oxygen atoms in total. The predicted molar refractivity (Wildman–Crippen MR) is 72.9 cm³/mol. The first-order valence-electron chi connectivity index (χ1n) is 5.96. The second-order valence-corrected chi connectivity index (χ2v) is 4.95. The molecule has 88 valence electrons. The Labute approximate surface area is 106 Å². The minimum atomic E-state index is 0.159. The molecular weight excluding hydrogens is 228 g/mol. The summed E-state index contributed by atoms with van der Waals surface area (Å²) < 4.78 is 0. The number of hydrogen-bond donors (Lipinski definition) is 0. The van der Waals surface area contributed by atoms with Gasteiger partial charge in [-0.05, 0) is 41.5 Å². The lowest BCUT2D eigenvalue weighted by Crippen LogP contribution is -2.04. The SMILES string of the molecule is CCc1ccc(CC)c(C(=O)c2cccs2)c1. The van der Waals surface area contributed by atoms with Gasteiger partial charge in [-0.15, -0.1) is 11.3 Å². The average molecular weight is 244 g/mol. The summed E-state index contributed by atoms with van der Waals surface area (Å²) in [6.45, 7) is 4.20. The highest BCUT2D eigenvalue weighted by Crippen LogP contribution is 2.20. The van der Waals surface area contributed by atoms with Crippen molar-refractivity contribution >= 4 is 17.1 Å². The van der Waals surface area contributed by atoms with E-state index in [0.29, 0.717) is 0 Å². The fraction of sp³-hybridized carbons (Fsp3) is 0.267. The van der Waals surface area contributed by atoms with Crippen LogP contribution in [-0.2, 0) is 12.8 Å². The number of ketones is 1. The Balaban J connectivity index is 2.45. The first-order chi connectivity index (χ1) is 8.26. The quantitative estimate of drug-likeness (QED) is 0.740. The molecule has 0 amide bonds. The number of thiophene rings is 1. The molecule has 0 N–H and O–H groups in total. The Kier molecular flexibility index (Phi) is 3.75. The van der Waals surface area contributed by atoms with E-state index in [1.807, 2.05) is 23.6 Å². The molecule has 1 heterocycles. The maximum atomic E-state index is 12.4. The van der Waals surface area contributed by atoms with Crippen LogP contribution in [0.2, 0.25) is 0 Å². The van der Waals surface area contributed by atoms with E-state index in [1.165, 1.54) is 16.9 Å². The highest BCUT2D eigenvalue weighted by Gasteiger charge is 2.14. The summed E-state index contributed by atoms with van der Waals surface area (Å²) in [5.74, 6) is 0.159. The Bertz CT molecular complexity index is 512. The largest absolute Gasteiger partial charge is 0.288 e. The maximum absolute atomic E-state index is 12.4. The van der Waals surface area contributed by atoms with Gasteiger partial charge in [0.1, 0.15) is 0 Å². The topological polar surface area (TPSA) is 17.1 Å². The molecule has 2 heteroatoms. The van der Waals surface area contributed by atoms with Gasteiger partial charge in [-0.3, -0.25) is 4.79 Å². The fourth-order valence-corrected chi connectivity index (χ4v) is 2.58. The monoisotopic (exact) mass is 244 g/mol. The van der Waals surface area contributed by atoms with Crippen LogP contribution in [0.15, 0.2) is 35.7 Å². The molecule has 2 rings (SSSR count). The molecule has 1 aromatic heterocycles. The first kappa shape index (κ1) is 12.1. The van der Waals surface area contributed by atoms with Gasteiger partial charge in [0.2, 0.25) is 5.78 Å². The molecular formula is C15H16OS. The third-order valence-corrected chi connectivity index (χ3v) is 3.82. The van der Waals surface area contributed by atoms with Gasteiger partial charge in [0.25, 0.3) is 0 Å². The molecule has 0 saturated carbocycles. The number of rotatable bonds is 4. The summed E-state index contributed by atoms with van der Waals surface area (Å²) in [6.07, 6.45) is 1.87. The fourth-order valence-electron chi connectivity index (χ4n) is 1.90. The highest BCUT2D eigenvalue weighted by molar-refractivity contribution is 7.12. The van der Waals surface area contributed by atoms with Crippen LogP contribution in [0.3, 0.4) is 0 Å². The predicted octanol–water partition coefficient (Wildman–Crippen LogP) is 4.10. The zero-order valence-corrected chi connectivity index (χ0v) is 11.0. The number of benzene rings is 1. The summed E-state index contributed by atoms with van der Waals surface area (Å²) in [4.78, 5) is 13.2. The lowest BCUT2D eigenvalue weighted by molar-refractivity contribution is 0.104. The molecule has 0 aliphatic rings. The van der Waals surface area contributed by atoms with Gasteiger partial charge in [0, 0.05) is 5.56 Å². The van der Waals surface area contributed by atoms with Gasteiger partial charge in [0.15, 0.2) is 0 Å². The van der Waals surface area contributed by atoms with Crippen molar-refractivity contribution in [2.45, 2.75) is 26.7 Å². The van der Waals surface area contributed by atoms with Crippen LogP contribution >= 0.6 is 11.3 Å². The Morgan fingerprint density at radius 2 is 2.00 bits per heavy atom. The van der Waals surface area contributed by atoms with E-state index in [1.54, 1.807) is 0 Å². The van der Waals surface area contributed by atoms with Crippen molar-refractivity contribution in [1.29, 1.82) is 0 Å². The van der Waals surface area contributed by atoms with Crippen molar-refractivity contribution in [3.05, 3.63) is 57.3 Å². The second kappa shape index (κ2) is 5.28. The van der Waals surface area contributed by atoms with Crippen molar-refractivity contribution in [3.63, 3.8) is 0 Å². The van der Waals surface area contributed by atoms with Gasteiger partial charge >= 0.3 is 0 Å². The van der Waals surface area contributed by atoms with E-state index < -0.39 is 0 Å². The first-order valence-corrected chi connectivity index (χ1v) is 6.84. The van der Waals surface area contributed by atoms with Crippen LogP contribution in [0.25, 0.3) is 0 Å². The number of hydrogen-bond acceptors (Lipinski definition) is 2. The zero-order valence-electron chi connectivity index (χ0n) is 10.2. The lowest BCUT2D eigenvalue weighted by Gasteiger charge is -2.08. The Morgan fingerprint density at radius 3 is 2.59 bits per heavy atom. The normalized spacial score (nSPS) is 10.5. The van der Waals surface area contributed by atoms with Crippen molar-refractivity contribution in [2.75, 3.05) is 0 Å². The Hall–Kier alpha value is -1.41. The van der Waals surface area contributed by atoms with Gasteiger partial charge in [0.05, 0.1) is 4.88 Å². The molecule has 17 heavy (non-hydrogen) atoms. The molecule has 0 radical (unpaired) electrons. The van der Waals surface area contributed by atoms with Crippen LogP contribution in [0.5, 0.6) is 0 Å². The molecule has 0 atom stereocenters. The molecule has 0 aliphatic heterocycles. The number of carbonyl (C=O) groups is 1. The summed E-state index contributed by atoms with van der Waals surface area (Å²) >= 11 is 1.51. The van der Waals surface area contributed by atoms with Gasteiger partial charge in [-0.25, -0.2) is 0 Å². The van der Waals surface area contributed by atoms with Gasteiger partial charge in [-0.2, -0.15) is 0 Å². The second-order valence-electron chi connectivity index (χ2n) is 4.01. The number of aryl methyl sites for hydroxylation is 2. The van der Waals surface area contributed by atoms with Crippen LogP contribution in [0, 0.1) is 0 Å². The van der Waals surface area contributed by atoms with Gasteiger partial charge < -0.3 is 0 Å². The lowest BCUT2D eigenvalue weighted by atomic mass is 9.97. The van der Waals surface area contributed by atoms with Crippen molar-refractivity contribution in [3.8, 4) is 0 Å². The Morgan fingerprint density at radius 1 is 1.18 bits per heavy atom. The minimum Gasteiger partial charge on any atom is -0.288 e. The van der Waals surface area contributed by atoms with Crippen LogP contribution in [0.4, 0.5) is 0 Å². The van der Waals surface area contributed by atoms with Crippen molar-refractivity contribution in [1.82, 2.24) is 0 Å². The number of carbonyl (C=O) groups excluding carboxylic acids is 1. The van der Waals surface area contributed by atoms with Crippen LogP contribution < -0.4 is 0 Å². The average Bonchev–Trinajstić information content (AvgIpc) is 2.91. The zero-order chi connectivity index (χ0) is 12.3. The standard InChI is InChI=1S/C15H16OS/c1-3-11-7-8-12(4-2)13(10-11)15(16)14-6-5-9-17-14/h5-10H,3-4H2,1-2H3. The summed E-state index contributed by atoms with van der Waals surface area (Å²) in [5, 5.41) is 1.95. The molecule has 1 aromatic carbocycles. The molecule has 0 bridgehead atoms. The van der Waals surface area contributed by atoms with E-state index in [0.717, 1.165) is 28.8 Å². The third kappa shape index (κ3) is 2.47. The summed E-state index contributed by atoms with van der Waals surface area (Å²) in [6, 6.07) is 10.1. The summed E-state index contributed by atoms with van der Waals surface area (Å²) in [5.41, 5.74) is 3.23. The molecule has 0 spiro atoms.